The minimum Gasteiger partial charge on any atom is -0.492 e. The molecule has 1 N–H and O–H groups in total. The molecule has 0 aliphatic rings. The van der Waals surface area contributed by atoms with Gasteiger partial charge in [-0.1, -0.05) is 6.42 Å². The highest BCUT2D eigenvalue weighted by atomic mass is 79.9. The number of halogens is 2. The second kappa shape index (κ2) is 7.63. The molecule has 0 unspecified atom stereocenters. The summed E-state index contributed by atoms with van der Waals surface area (Å²) in [5.74, 6) is 0.251. The number of ether oxygens (including phenoxy) is 1. The molecule has 0 fully saturated rings. The Kier molecular flexibility index (Phi) is 6.42. The lowest BCUT2D eigenvalue weighted by Crippen LogP contribution is -1.98. The van der Waals surface area contributed by atoms with Crippen molar-refractivity contribution >= 4 is 15.9 Å². The first kappa shape index (κ1) is 13.5. The zero-order valence-corrected chi connectivity index (χ0v) is 10.7. The van der Waals surface area contributed by atoms with Crippen LogP contribution in [-0.2, 0) is 0 Å². The van der Waals surface area contributed by atoms with Gasteiger partial charge < -0.3 is 9.84 Å². The first-order chi connectivity index (χ1) is 7.74. The third kappa shape index (κ3) is 4.94. The summed E-state index contributed by atoms with van der Waals surface area (Å²) in [6.07, 6.45) is 3.78. The molecule has 0 spiro atoms. The Hall–Kier alpha value is -0.610. The van der Waals surface area contributed by atoms with E-state index in [1.807, 2.05) is 0 Å². The third-order valence-electron chi connectivity index (χ3n) is 2.20. The van der Waals surface area contributed by atoms with Gasteiger partial charge in [0.05, 0.1) is 11.1 Å². The van der Waals surface area contributed by atoms with E-state index in [-0.39, 0.29) is 12.4 Å². The van der Waals surface area contributed by atoms with Gasteiger partial charge in [0.1, 0.15) is 11.6 Å². The lowest BCUT2D eigenvalue weighted by Gasteiger charge is -2.07. The second-order valence-corrected chi connectivity index (χ2v) is 4.42. The smallest absolute Gasteiger partial charge is 0.136 e. The van der Waals surface area contributed by atoms with Crippen molar-refractivity contribution in [3.8, 4) is 5.75 Å². The molecule has 0 saturated carbocycles. The molecule has 0 amide bonds. The molecule has 2 nitrogen and oxygen atoms in total. The van der Waals surface area contributed by atoms with Crippen molar-refractivity contribution in [3.63, 3.8) is 0 Å². The van der Waals surface area contributed by atoms with E-state index in [1.54, 1.807) is 6.07 Å². The molecule has 0 bridgehead atoms. The fourth-order valence-electron chi connectivity index (χ4n) is 1.34. The van der Waals surface area contributed by atoms with E-state index in [2.05, 4.69) is 15.9 Å². The van der Waals surface area contributed by atoms with E-state index in [1.165, 1.54) is 12.1 Å². The molecule has 0 saturated heterocycles. The van der Waals surface area contributed by atoms with Crippen LogP contribution in [0.2, 0.25) is 0 Å². The maximum absolute atomic E-state index is 12.9. The maximum Gasteiger partial charge on any atom is 0.136 e. The molecule has 0 heterocycles. The summed E-state index contributed by atoms with van der Waals surface area (Å²) in [7, 11) is 0. The SMILES string of the molecule is OCCCCCCOc1cc(F)ccc1Br. The van der Waals surface area contributed by atoms with Crippen LogP contribution in [0.5, 0.6) is 5.75 Å². The molecule has 0 aromatic heterocycles. The highest BCUT2D eigenvalue weighted by Crippen LogP contribution is 2.25. The van der Waals surface area contributed by atoms with Crippen molar-refractivity contribution in [1.29, 1.82) is 0 Å². The summed E-state index contributed by atoms with van der Waals surface area (Å²) >= 11 is 3.30. The van der Waals surface area contributed by atoms with Crippen LogP contribution >= 0.6 is 15.9 Å². The molecule has 16 heavy (non-hydrogen) atoms. The van der Waals surface area contributed by atoms with E-state index in [9.17, 15) is 4.39 Å². The maximum atomic E-state index is 12.9. The second-order valence-electron chi connectivity index (χ2n) is 3.56. The van der Waals surface area contributed by atoms with E-state index < -0.39 is 0 Å². The van der Waals surface area contributed by atoms with Crippen LogP contribution in [0.4, 0.5) is 4.39 Å². The van der Waals surface area contributed by atoms with Crippen molar-refractivity contribution < 1.29 is 14.2 Å². The first-order valence-corrected chi connectivity index (χ1v) is 6.22. The highest BCUT2D eigenvalue weighted by molar-refractivity contribution is 9.10. The molecular weight excluding hydrogens is 275 g/mol. The number of benzene rings is 1. The molecule has 1 aromatic rings. The van der Waals surface area contributed by atoms with E-state index in [4.69, 9.17) is 9.84 Å². The van der Waals surface area contributed by atoms with Crippen LogP contribution < -0.4 is 4.74 Å². The fraction of sp³-hybridized carbons (Fsp3) is 0.500. The highest BCUT2D eigenvalue weighted by Gasteiger charge is 2.02. The summed E-state index contributed by atoms with van der Waals surface area (Å²) in [6.45, 7) is 0.823. The standard InChI is InChI=1S/C12H16BrFO2/c13-11-6-5-10(14)9-12(11)16-8-4-2-1-3-7-15/h5-6,9,15H,1-4,7-8H2. The summed E-state index contributed by atoms with van der Waals surface area (Å²) in [6, 6.07) is 4.40. The monoisotopic (exact) mass is 290 g/mol. The molecular formula is C12H16BrFO2. The van der Waals surface area contributed by atoms with Crippen LogP contribution in [0.3, 0.4) is 0 Å². The van der Waals surface area contributed by atoms with Crippen LogP contribution in [0.15, 0.2) is 22.7 Å². The van der Waals surface area contributed by atoms with Crippen LogP contribution in [0, 0.1) is 5.82 Å². The Bertz CT molecular complexity index is 318. The molecule has 0 radical (unpaired) electrons. The minimum atomic E-state index is -0.293. The average Bonchev–Trinajstić information content (AvgIpc) is 2.28. The van der Waals surface area contributed by atoms with Gasteiger partial charge in [0.2, 0.25) is 0 Å². The minimum absolute atomic E-state index is 0.246. The Labute approximate surface area is 104 Å². The third-order valence-corrected chi connectivity index (χ3v) is 2.86. The normalized spacial score (nSPS) is 10.4. The number of aliphatic hydroxyl groups is 1. The summed E-state index contributed by atoms with van der Waals surface area (Å²) in [5.41, 5.74) is 0. The van der Waals surface area contributed by atoms with Gasteiger partial charge in [0.25, 0.3) is 0 Å². The van der Waals surface area contributed by atoms with Gasteiger partial charge in [-0.05, 0) is 47.3 Å². The zero-order chi connectivity index (χ0) is 11.8. The van der Waals surface area contributed by atoms with E-state index >= 15 is 0 Å². The summed E-state index contributed by atoms with van der Waals surface area (Å²) in [4.78, 5) is 0. The molecule has 4 heteroatoms. The van der Waals surface area contributed by atoms with E-state index in [0.29, 0.717) is 12.4 Å². The topological polar surface area (TPSA) is 29.5 Å². The number of rotatable bonds is 7. The van der Waals surface area contributed by atoms with Crippen molar-refractivity contribution in [3.05, 3.63) is 28.5 Å². The van der Waals surface area contributed by atoms with E-state index in [0.717, 1.165) is 30.2 Å². The number of aliphatic hydroxyl groups excluding tert-OH is 1. The summed E-state index contributed by atoms with van der Waals surface area (Å²) in [5, 5.41) is 8.59. The molecule has 1 rings (SSSR count). The average molecular weight is 291 g/mol. The molecule has 0 aliphatic carbocycles. The fourth-order valence-corrected chi connectivity index (χ4v) is 1.70. The van der Waals surface area contributed by atoms with Crippen molar-refractivity contribution in [1.82, 2.24) is 0 Å². The Balaban J connectivity index is 2.23. The Morgan fingerprint density at radius 3 is 2.69 bits per heavy atom. The number of unbranched alkanes of at least 4 members (excludes halogenated alkanes) is 3. The lowest BCUT2D eigenvalue weighted by atomic mass is 10.2. The van der Waals surface area contributed by atoms with Gasteiger partial charge in [0.15, 0.2) is 0 Å². The van der Waals surface area contributed by atoms with Gasteiger partial charge >= 0.3 is 0 Å². The predicted molar refractivity (Wildman–Crippen MR) is 65.1 cm³/mol. The number of hydrogen-bond donors (Lipinski definition) is 1. The predicted octanol–water partition coefficient (Wildman–Crippen LogP) is 3.52. The summed E-state index contributed by atoms with van der Waals surface area (Å²) < 4.78 is 19.1. The quantitative estimate of drug-likeness (QED) is 0.779. The molecule has 1 aromatic carbocycles. The zero-order valence-electron chi connectivity index (χ0n) is 9.09. The van der Waals surface area contributed by atoms with Crippen LogP contribution in [0.1, 0.15) is 25.7 Å². The van der Waals surface area contributed by atoms with Crippen molar-refractivity contribution in [2.45, 2.75) is 25.7 Å². The van der Waals surface area contributed by atoms with Gasteiger partial charge in [0, 0.05) is 12.7 Å². The van der Waals surface area contributed by atoms with Gasteiger partial charge in [-0.2, -0.15) is 0 Å². The molecule has 0 aliphatic heterocycles. The van der Waals surface area contributed by atoms with Gasteiger partial charge in [-0.15, -0.1) is 0 Å². The van der Waals surface area contributed by atoms with Gasteiger partial charge in [-0.25, -0.2) is 4.39 Å². The largest absolute Gasteiger partial charge is 0.492 e. The lowest BCUT2D eigenvalue weighted by molar-refractivity contribution is 0.273. The molecule has 90 valence electrons. The van der Waals surface area contributed by atoms with Crippen molar-refractivity contribution in [2.24, 2.45) is 0 Å². The van der Waals surface area contributed by atoms with Crippen LogP contribution in [-0.4, -0.2) is 18.3 Å². The first-order valence-electron chi connectivity index (χ1n) is 5.43. The van der Waals surface area contributed by atoms with Crippen molar-refractivity contribution in [2.75, 3.05) is 13.2 Å². The Morgan fingerprint density at radius 2 is 1.94 bits per heavy atom. The molecule has 0 atom stereocenters. The van der Waals surface area contributed by atoms with Crippen LogP contribution in [0.25, 0.3) is 0 Å². The van der Waals surface area contributed by atoms with Gasteiger partial charge in [-0.3, -0.25) is 0 Å². The Morgan fingerprint density at radius 1 is 1.19 bits per heavy atom. The number of hydrogen-bond acceptors (Lipinski definition) is 2.